The number of hydrogen-bond acceptors (Lipinski definition) is 5. The largest absolute Gasteiger partial charge is 0.497 e. The van der Waals surface area contributed by atoms with Gasteiger partial charge in [0.15, 0.2) is 5.76 Å². The van der Waals surface area contributed by atoms with Gasteiger partial charge in [0.05, 0.1) is 19.6 Å². The summed E-state index contributed by atoms with van der Waals surface area (Å²) in [5.74, 6) is 0.247. The highest BCUT2D eigenvalue weighted by molar-refractivity contribution is 5.99. The van der Waals surface area contributed by atoms with Crippen molar-refractivity contribution in [1.82, 2.24) is 5.32 Å². The molecule has 0 saturated carbocycles. The van der Waals surface area contributed by atoms with Gasteiger partial charge >= 0.3 is 5.97 Å². The van der Waals surface area contributed by atoms with Gasteiger partial charge in [0.25, 0.3) is 5.91 Å². The van der Waals surface area contributed by atoms with Crippen LogP contribution in [0.4, 0.5) is 0 Å². The number of carbonyl (C=O) groups excluding carboxylic acids is 2. The minimum absolute atomic E-state index is 0.122. The Kier molecular flexibility index (Phi) is 5.26. The smallest absolute Gasteiger partial charge is 0.307 e. The van der Waals surface area contributed by atoms with Gasteiger partial charge in [-0.25, -0.2) is 0 Å². The summed E-state index contributed by atoms with van der Waals surface area (Å²) in [6, 6.07) is 5.36. The van der Waals surface area contributed by atoms with Crippen molar-refractivity contribution in [2.45, 2.75) is 33.3 Å². The molecule has 1 aromatic heterocycles. The second kappa shape index (κ2) is 7.17. The van der Waals surface area contributed by atoms with Gasteiger partial charge < -0.3 is 19.2 Å². The van der Waals surface area contributed by atoms with E-state index in [1.807, 2.05) is 13.0 Å². The van der Waals surface area contributed by atoms with Gasteiger partial charge in [-0.2, -0.15) is 0 Å². The summed E-state index contributed by atoms with van der Waals surface area (Å²) in [5, 5.41) is 3.50. The van der Waals surface area contributed by atoms with Crippen molar-refractivity contribution >= 4 is 22.8 Å². The van der Waals surface area contributed by atoms with Crippen LogP contribution in [-0.4, -0.2) is 31.6 Å². The van der Waals surface area contributed by atoms with E-state index in [0.29, 0.717) is 11.3 Å². The van der Waals surface area contributed by atoms with Crippen LogP contribution >= 0.6 is 0 Å². The average molecular weight is 319 g/mol. The third-order valence-electron chi connectivity index (χ3n) is 3.33. The number of ether oxygens (including phenoxy) is 2. The summed E-state index contributed by atoms with van der Waals surface area (Å²) >= 11 is 0. The monoisotopic (exact) mass is 319 g/mol. The molecule has 2 aromatic rings. The maximum absolute atomic E-state index is 12.2. The first-order valence-electron chi connectivity index (χ1n) is 7.47. The number of hydrogen-bond donors (Lipinski definition) is 1. The van der Waals surface area contributed by atoms with Gasteiger partial charge in [-0.1, -0.05) is 0 Å². The second-order valence-electron chi connectivity index (χ2n) is 5.46. The molecule has 0 fully saturated rings. The Bertz CT molecular complexity index is 717. The molecular formula is C17H21NO5. The fourth-order valence-electron chi connectivity index (χ4n) is 2.22. The summed E-state index contributed by atoms with van der Waals surface area (Å²) in [6.07, 6.45) is -0.0393. The van der Waals surface area contributed by atoms with Gasteiger partial charge in [-0.15, -0.1) is 0 Å². The van der Waals surface area contributed by atoms with Crippen molar-refractivity contribution in [1.29, 1.82) is 0 Å². The Balaban J connectivity index is 2.04. The van der Waals surface area contributed by atoms with Crippen molar-refractivity contribution in [2.24, 2.45) is 0 Å². The fraction of sp³-hybridized carbons (Fsp3) is 0.412. The number of carbonyl (C=O) groups is 2. The zero-order valence-electron chi connectivity index (χ0n) is 13.8. The normalized spacial score (nSPS) is 10.8. The molecule has 1 heterocycles. The van der Waals surface area contributed by atoms with Crippen LogP contribution in [0.5, 0.6) is 5.75 Å². The van der Waals surface area contributed by atoms with Gasteiger partial charge in [0, 0.05) is 17.5 Å². The van der Waals surface area contributed by atoms with Crippen molar-refractivity contribution in [3.63, 3.8) is 0 Å². The Morgan fingerprint density at radius 3 is 2.70 bits per heavy atom. The van der Waals surface area contributed by atoms with Crippen LogP contribution in [0.15, 0.2) is 22.6 Å². The predicted octanol–water partition coefficient (Wildman–Crippen LogP) is 2.82. The van der Waals surface area contributed by atoms with Crippen LogP contribution in [0.3, 0.4) is 0 Å². The number of rotatable bonds is 6. The minimum Gasteiger partial charge on any atom is -0.497 e. The van der Waals surface area contributed by atoms with Crippen LogP contribution in [0.1, 0.15) is 36.4 Å². The van der Waals surface area contributed by atoms with E-state index in [-0.39, 0.29) is 36.7 Å². The highest BCUT2D eigenvalue weighted by Crippen LogP contribution is 2.28. The van der Waals surface area contributed by atoms with E-state index in [1.165, 1.54) is 0 Å². The molecule has 23 heavy (non-hydrogen) atoms. The molecule has 6 heteroatoms. The molecule has 1 N–H and O–H groups in total. The molecule has 0 atom stereocenters. The van der Waals surface area contributed by atoms with Gasteiger partial charge in [-0.3, -0.25) is 9.59 Å². The van der Waals surface area contributed by atoms with E-state index in [9.17, 15) is 9.59 Å². The van der Waals surface area contributed by atoms with Gasteiger partial charge in [0.1, 0.15) is 11.3 Å². The van der Waals surface area contributed by atoms with E-state index in [0.717, 1.165) is 10.9 Å². The van der Waals surface area contributed by atoms with Crippen molar-refractivity contribution < 1.29 is 23.5 Å². The molecule has 1 amide bonds. The molecule has 0 aliphatic rings. The van der Waals surface area contributed by atoms with E-state index >= 15 is 0 Å². The number of esters is 1. The van der Waals surface area contributed by atoms with Crippen molar-refractivity contribution in [3.8, 4) is 5.75 Å². The van der Waals surface area contributed by atoms with Crippen LogP contribution in [0, 0.1) is 6.92 Å². The SMILES string of the molecule is COc1ccc2oc(C(=O)NCCC(=O)OC(C)C)c(C)c2c1. The van der Waals surface area contributed by atoms with Crippen LogP contribution in [-0.2, 0) is 9.53 Å². The van der Waals surface area contributed by atoms with Crippen molar-refractivity contribution in [3.05, 3.63) is 29.5 Å². The highest BCUT2D eigenvalue weighted by atomic mass is 16.5. The zero-order chi connectivity index (χ0) is 17.0. The summed E-state index contributed by atoms with van der Waals surface area (Å²) in [5.41, 5.74) is 1.36. The summed E-state index contributed by atoms with van der Waals surface area (Å²) in [6.45, 7) is 5.57. The van der Waals surface area contributed by atoms with Crippen LogP contribution in [0.25, 0.3) is 11.0 Å². The summed E-state index contributed by atoms with van der Waals surface area (Å²) in [7, 11) is 1.58. The lowest BCUT2D eigenvalue weighted by Crippen LogP contribution is -2.27. The maximum Gasteiger partial charge on any atom is 0.307 e. The molecule has 1 aromatic carbocycles. The van der Waals surface area contributed by atoms with Gasteiger partial charge in [-0.05, 0) is 39.0 Å². The number of methoxy groups -OCH3 is 1. The molecule has 124 valence electrons. The first-order chi connectivity index (χ1) is 10.9. The van der Waals surface area contributed by atoms with E-state index in [2.05, 4.69) is 5.32 Å². The van der Waals surface area contributed by atoms with E-state index in [4.69, 9.17) is 13.9 Å². The summed E-state index contributed by atoms with van der Waals surface area (Å²) in [4.78, 5) is 23.6. The average Bonchev–Trinajstić information content (AvgIpc) is 2.83. The minimum atomic E-state index is -0.352. The zero-order valence-corrected chi connectivity index (χ0v) is 13.8. The first kappa shape index (κ1) is 16.9. The summed E-state index contributed by atoms with van der Waals surface area (Å²) < 4.78 is 15.8. The molecule has 0 bridgehead atoms. The molecule has 0 saturated heterocycles. The molecule has 2 rings (SSSR count). The van der Waals surface area contributed by atoms with Crippen LogP contribution in [0.2, 0.25) is 0 Å². The fourth-order valence-corrected chi connectivity index (χ4v) is 2.22. The van der Waals surface area contributed by atoms with Gasteiger partial charge in [0.2, 0.25) is 0 Å². The molecule has 0 radical (unpaired) electrons. The Labute approximate surface area is 134 Å². The Hall–Kier alpha value is -2.50. The lowest BCUT2D eigenvalue weighted by molar-refractivity contribution is -0.147. The van der Waals surface area contributed by atoms with Crippen molar-refractivity contribution in [2.75, 3.05) is 13.7 Å². The lowest BCUT2D eigenvalue weighted by atomic mass is 10.1. The molecule has 6 nitrogen and oxygen atoms in total. The first-order valence-corrected chi connectivity index (χ1v) is 7.47. The second-order valence-corrected chi connectivity index (χ2v) is 5.46. The third-order valence-corrected chi connectivity index (χ3v) is 3.33. The topological polar surface area (TPSA) is 77.8 Å². The molecular weight excluding hydrogens is 298 g/mol. The van der Waals surface area contributed by atoms with E-state index in [1.54, 1.807) is 33.1 Å². The standard InChI is InChI=1S/C17H21NO5/c1-10(2)22-15(19)7-8-18-17(20)16-11(3)13-9-12(21-4)5-6-14(13)23-16/h5-6,9-10H,7-8H2,1-4H3,(H,18,20). The highest BCUT2D eigenvalue weighted by Gasteiger charge is 2.18. The molecule has 0 spiro atoms. The predicted molar refractivity (Wildman–Crippen MR) is 85.7 cm³/mol. The van der Waals surface area contributed by atoms with Crippen LogP contribution < -0.4 is 10.1 Å². The number of amides is 1. The number of fused-ring (bicyclic) bond motifs is 1. The number of furan rings is 1. The number of benzene rings is 1. The Morgan fingerprint density at radius 1 is 1.30 bits per heavy atom. The van der Waals surface area contributed by atoms with E-state index < -0.39 is 0 Å². The molecule has 0 aliphatic carbocycles. The Morgan fingerprint density at radius 2 is 2.04 bits per heavy atom. The molecule has 0 unspecified atom stereocenters. The quantitative estimate of drug-likeness (QED) is 0.828. The number of nitrogens with one attached hydrogen (secondary N) is 1. The third kappa shape index (κ3) is 4.03. The lowest BCUT2D eigenvalue weighted by Gasteiger charge is -2.08. The number of aryl methyl sites for hydroxylation is 1. The maximum atomic E-state index is 12.2. The molecule has 0 aliphatic heterocycles.